The van der Waals surface area contributed by atoms with Crippen LogP contribution in [-0.4, -0.2) is 53.9 Å². The quantitative estimate of drug-likeness (QED) is 0.891. The average Bonchev–Trinajstić information content (AvgIpc) is 2.87. The van der Waals surface area contributed by atoms with E-state index in [-0.39, 0.29) is 11.9 Å². The van der Waals surface area contributed by atoms with E-state index in [0.717, 1.165) is 32.6 Å². The molecule has 0 bridgehead atoms. The molecule has 0 saturated carbocycles. The average molecular weight is 270 g/mol. The lowest BCUT2D eigenvalue weighted by Gasteiger charge is -2.30. The molecule has 100 valence electrons. The molecule has 0 unspecified atom stereocenters. The van der Waals surface area contributed by atoms with Crippen LogP contribution in [0.2, 0.25) is 0 Å². The fourth-order valence-electron chi connectivity index (χ4n) is 1.92. The summed E-state index contributed by atoms with van der Waals surface area (Å²) in [4.78, 5) is 14.0. The van der Waals surface area contributed by atoms with Gasteiger partial charge in [0.1, 0.15) is 0 Å². The van der Waals surface area contributed by atoms with Gasteiger partial charge in [-0.05, 0) is 19.8 Å². The third-order valence-electron chi connectivity index (χ3n) is 2.99. The second kappa shape index (κ2) is 6.10. The van der Waals surface area contributed by atoms with Gasteiger partial charge in [0.15, 0.2) is 0 Å². The summed E-state index contributed by atoms with van der Waals surface area (Å²) in [7, 11) is 1.83. The number of carbonyl (C=O) groups is 1. The first-order valence-electron chi connectivity index (χ1n) is 6.14. The predicted molar refractivity (Wildman–Crippen MR) is 70.0 cm³/mol. The molecule has 1 aromatic heterocycles. The topological polar surface area (TPSA) is 67.4 Å². The van der Waals surface area contributed by atoms with Crippen molar-refractivity contribution in [2.24, 2.45) is 0 Å². The Bertz CT molecular complexity index is 404. The predicted octanol–water partition coefficient (Wildman–Crippen LogP) is 1.22. The molecular formula is C11H18N4O2S. The van der Waals surface area contributed by atoms with Gasteiger partial charge in [-0.15, -0.1) is 10.2 Å². The van der Waals surface area contributed by atoms with E-state index in [9.17, 15) is 4.79 Å². The highest BCUT2D eigenvalue weighted by atomic mass is 32.1. The Kier molecular flexibility index (Phi) is 4.48. The number of amides is 1. The maximum Gasteiger partial charge on any atom is 0.284 e. The van der Waals surface area contributed by atoms with Gasteiger partial charge in [-0.25, -0.2) is 0 Å². The summed E-state index contributed by atoms with van der Waals surface area (Å²) in [5.41, 5.74) is 0. The van der Waals surface area contributed by atoms with Crippen molar-refractivity contribution >= 4 is 22.4 Å². The van der Waals surface area contributed by atoms with Gasteiger partial charge in [0.05, 0.1) is 0 Å². The number of ether oxygens (including phenoxy) is 1. The second-order valence-electron chi connectivity index (χ2n) is 4.20. The maximum absolute atomic E-state index is 12.2. The molecule has 1 saturated heterocycles. The lowest BCUT2D eigenvalue weighted by molar-refractivity contribution is 0.0361. The first kappa shape index (κ1) is 13.2. The Labute approximate surface area is 110 Å². The Morgan fingerprint density at radius 2 is 2.22 bits per heavy atom. The third kappa shape index (κ3) is 2.97. The number of rotatable bonds is 4. The minimum atomic E-state index is -0.0523. The number of carbonyl (C=O) groups excluding carboxylic acids is 1. The number of nitrogens with one attached hydrogen (secondary N) is 1. The highest BCUT2D eigenvalue weighted by Gasteiger charge is 2.25. The minimum absolute atomic E-state index is 0.0523. The van der Waals surface area contributed by atoms with Crippen molar-refractivity contribution in [1.82, 2.24) is 15.1 Å². The van der Waals surface area contributed by atoms with Crippen molar-refractivity contribution in [3.63, 3.8) is 0 Å². The van der Waals surface area contributed by atoms with Crippen LogP contribution in [0.3, 0.4) is 0 Å². The molecule has 1 fully saturated rings. The molecular weight excluding hydrogens is 252 g/mol. The lowest BCUT2D eigenvalue weighted by atomic mass is 10.1. The molecule has 0 aliphatic carbocycles. The molecule has 1 aliphatic rings. The Morgan fingerprint density at radius 1 is 1.50 bits per heavy atom. The smallest absolute Gasteiger partial charge is 0.284 e. The number of hydrogen-bond acceptors (Lipinski definition) is 6. The number of anilines is 1. The molecule has 1 aliphatic heterocycles. The van der Waals surface area contributed by atoms with Crippen molar-refractivity contribution < 1.29 is 9.53 Å². The molecule has 1 N–H and O–H groups in total. The fourth-order valence-corrected chi connectivity index (χ4v) is 2.72. The van der Waals surface area contributed by atoms with E-state index in [4.69, 9.17) is 4.74 Å². The van der Waals surface area contributed by atoms with Crippen LogP contribution < -0.4 is 5.32 Å². The van der Waals surface area contributed by atoms with Crippen molar-refractivity contribution in [3.05, 3.63) is 5.01 Å². The van der Waals surface area contributed by atoms with Crippen LogP contribution in [0, 0.1) is 0 Å². The van der Waals surface area contributed by atoms with Gasteiger partial charge in [0, 0.05) is 32.8 Å². The third-order valence-corrected chi connectivity index (χ3v) is 3.86. The molecule has 1 amide bonds. The molecule has 0 aromatic carbocycles. The second-order valence-corrected chi connectivity index (χ2v) is 5.18. The summed E-state index contributed by atoms with van der Waals surface area (Å²) in [5.74, 6) is -0.0523. The Balaban J connectivity index is 2.00. The summed E-state index contributed by atoms with van der Waals surface area (Å²) in [6.07, 6.45) is 1.78. The highest BCUT2D eigenvalue weighted by molar-refractivity contribution is 7.17. The summed E-state index contributed by atoms with van der Waals surface area (Å²) in [5, 5.41) is 12.1. The van der Waals surface area contributed by atoms with Crippen LogP contribution in [0.4, 0.5) is 5.13 Å². The summed E-state index contributed by atoms with van der Waals surface area (Å²) >= 11 is 1.30. The first-order valence-corrected chi connectivity index (χ1v) is 6.96. The van der Waals surface area contributed by atoms with Crippen LogP contribution in [-0.2, 0) is 4.74 Å². The molecule has 0 spiro atoms. The van der Waals surface area contributed by atoms with E-state index in [1.165, 1.54) is 11.3 Å². The lowest BCUT2D eigenvalue weighted by Crippen LogP contribution is -2.40. The SMILES string of the molecule is CCNc1nnc(C(=O)N(C)C2CCOCC2)s1. The number of hydrogen-bond donors (Lipinski definition) is 1. The Morgan fingerprint density at radius 3 is 2.89 bits per heavy atom. The molecule has 18 heavy (non-hydrogen) atoms. The normalized spacial score (nSPS) is 16.6. The van der Waals surface area contributed by atoms with Gasteiger partial charge in [-0.2, -0.15) is 0 Å². The van der Waals surface area contributed by atoms with Gasteiger partial charge < -0.3 is 15.0 Å². The van der Waals surface area contributed by atoms with Crippen LogP contribution in [0.1, 0.15) is 29.6 Å². The van der Waals surface area contributed by atoms with E-state index in [2.05, 4.69) is 15.5 Å². The van der Waals surface area contributed by atoms with E-state index < -0.39 is 0 Å². The van der Waals surface area contributed by atoms with Crippen LogP contribution >= 0.6 is 11.3 Å². The molecule has 2 rings (SSSR count). The summed E-state index contributed by atoms with van der Waals surface area (Å²) in [6.45, 7) is 4.21. The largest absolute Gasteiger partial charge is 0.381 e. The highest BCUT2D eigenvalue weighted by Crippen LogP contribution is 2.20. The van der Waals surface area contributed by atoms with Crippen LogP contribution in [0.25, 0.3) is 0 Å². The molecule has 1 aromatic rings. The molecule has 7 heteroatoms. The fraction of sp³-hybridized carbons (Fsp3) is 0.727. The van der Waals surface area contributed by atoms with Crippen LogP contribution in [0.5, 0.6) is 0 Å². The zero-order chi connectivity index (χ0) is 13.0. The molecule has 2 heterocycles. The van der Waals surface area contributed by atoms with Gasteiger partial charge in [-0.1, -0.05) is 11.3 Å². The van der Waals surface area contributed by atoms with Gasteiger partial charge >= 0.3 is 0 Å². The zero-order valence-electron chi connectivity index (χ0n) is 10.7. The van der Waals surface area contributed by atoms with E-state index in [0.29, 0.717) is 10.1 Å². The first-order chi connectivity index (χ1) is 8.72. The molecule has 0 atom stereocenters. The minimum Gasteiger partial charge on any atom is -0.381 e. The van der Waals surface area contributed by atoms with E-state index in [1.54, 1.807) is 4.90 Å². The number of nitrogens with zero attached hydrogens (tertiary/aromatic N) is 3. The zero-order valence-corrected chi connectivity index (χ0v) is 11.5. The van der Waals surface area contributed by atoms with Crippen LogP contribution in [0.15, 0.2) is 0 Å². The monoisotopic (exact) mass is 270 g/mol. The molecule has 0 radical (unpaired) electrons. The number of aromatic nitrogens is 2. The summed E-state index contributed by atoms with van der Waals surface area (Å²) in [6, 6.07) is 0.248. The Hall–Kier alpha value is -1.21. The van der Waals surface area contributed by atoms with E-state index in [1.807, 2.05) is 14.0 Å². The van der Waals surface area contributed by atoms with Crippen molar-refractivity contribution in [3.8, 4) is 0 Å². The van der Waals surface area contributed by atoms with E-state index >= 15 is 0 Å². The summed E-state index contributed by atoms with van der Waals surface area (Å²) < 4.78 is 5.30. The molecule has 6 nitrogen and oxygen atoms in total. The standard InChI is InChI=1S/C11H18N4O2S/c1-3-12-11-14-13-9(18-11)10(16)15(2)8-4-6-17-7-5-8/h8H,3-7H2,1-2H3,(H,12,14). The maximum atomic E-state index is 12.2. The van der Waals surface area contributed by atoms with Crippen molar-refractivity contribution in [1.29, 1.82) is 0 Å². The van der Waals surface area contributed by atoms with Gasteiger partial charge in [0.2, 0.25) is 10.1 Å². The van der Waals surface area contributed by atoms with Gasteiger partial charge in [-0.3, -0.25) is 4.79 Å². The van der Waals surface area contributed by atoms with Gasteiger partial charge in [0.25, 0.3) is 5.91 Å². The van der Waals surface area contributed by atoms with Crippen molar-refractivity contribution in [2.75, 3.05) is 32.1 Å². The van der Waals surface area contributed by atoms with Crippen molar-refractivity contribution in [2.45, 2.75) is 25.8 Å².